The van der Waals surface area contributed by atoms with Crippen LogP contribution in [-0.4, -0.2) is 86.7 Å². The van der Waals surface area contributed by atoms with E-state index in [4.69, 9.17) is 14.6 Å². The number of halogens is 1. The number of hydrogen-bond donors (Lipinski definition) is 2. The summed E-state index contributed by atoms with van der Waals surface area (Å²) < 4.78 is 24.9. The zero-order chi connectivity index (χ0) is 21.7. The lowest BCUT2D eigenvalue weighted by molar-refractivity contribution is -0.119. The average Bonchev–Trinajstić information content (AvgIpc) is 3.11. The molecular formula is C19H25FN4O6. The summed E-state index contributed by atoms with van der Waals surface area (Å²) in [5, 5.41) is 11.3. The van der Waals surface area contributed by atoms with Gasteiger partial charge in [-0.05, 0) is 18.2 Å². The number of benzene rings is 1. The monoisotopic (exact) mass is 424 g/mol. The molecule has 0 bridgehead atoms. The van der Waals surface area contributed by atoms with Gasteiger partial charge in [0.25, 0.3) is 0 Å². The number of aliphatic hydroxyl groups excluding tert-OH is 1. The van der Waals surface area contributed by atoms with Crippen LogP contribution in [0.4, 0.5) is 25.4 Å². The van der Waals surface area contributed by atoms with Crippen molar-refractivity contribution in [2.45, 2.75) is 13.0 Å². The Bertz CT molecular complexity index is 799. The molecule has 3 rings (SSSR count). The molecule has 0 aromatic heterocycles. The number of cyclic esters (lactones) is 1. The van der Waals surface area contributed by atoms with Crippen LogP contribution in [0.15, 0.2) is 18.2 Å². The van der Waals surface area contributed by atoms with Crippen LogP contribution in [0.3, 0.4) is 0 Å². The quantitative estimate of drug-likeness (QED) is 0.686. The summed E-state index contributed by atoms with van der Waals surface area (Å²) in [6, 6.07) is 4.51. The lowest BCUT2D eigenvalue weighted by Crippen LogP contribution is -2.49. The molecular weight excluding hydrogens is 399 g/mol. The SMILES string of the molecule is CC(=O)NCC1CN(c2ccc(N3CCN(C(=O)OCCO)CC3)c(F)c2)C(=O)O1. The third kappa shape index (κ3) is 5.09. The molecule has 0 spiro atoms. The number of amides is 3. The number of anilines is 2. The summed E-state index contributed by atoms with van der Waals surface area (Å²) >= 11 is 0. The number of ether oxygens (including phenoxy) is 2. The zero-order valence-electron chi connectivity index (χ0n) is 16.7. The predicted octanol–water partition coefficient (Wildman–Crippen LogP) is 0.538. The highest BCUT2D eigenvalue weighted by molar-refractivity contribution is 5.90. The van der Waals surface area contributed by atoms with E-state index in [-0.39, 0.29) is 32.2 Å². The van der Waals surface area contributed by atoms with Crippen LogP contribution in [0.1, 0.15) is 6.92 Å². The zero-order valence-corrected chi connectivity index (χ0v) is 16.7. The van der Waals surface area contributed by atoms with Crippen LogP contribution in [0.2, 0.25) is 0 Å². The first-order valence-corrected chi connectivity index (χ1v) is 9.68. The van der Waals surface area contributed by atoms with Crippen LogP contribution in [0.5, 0.6) is 0 Å². The number of hydrogen-bond acceptors (Lipinski definition) is 7. The Morgan fingerprint density at radius 1 is 1.30 bits per heavy atom. The molecule has 30 heavy (non-hydrogen) atoms. The Labute approximate surface area is 173 Å². The maximum atomic E-state index is 14.8. The van der Waals surface area contributed by atoms with Gasteiger partial charge in [0.05, 0.1) is 31.1 Å². The standard InChI is InChI=1S/C19H25FN4O6/c1-13(26)21-11-15-12-24(19(28)30-15)14-2-3-17(16(20)10-14)22-4-6-23(7-5-22)18(27)29-9-8-25/h2-3,10,15,25H,4-9,11-12H2,1H3,(H,21,26). The second kappa shape index (κ2) is 9.61. The van der Waals surface area contributed by atoms with Crippen LogP contribution in [0, 0.1) is 5.82 Å². The van der Waals surface area contributed by atoms with Crippen molar-refractivity contribution in [2.75, 3.05) is 62.3 Å². The Hall–Kier alpha value is -3.08. The number of nitrogens with one attached hydrogen (secondary N) is 1. The summed E-state index contributed by atoms with van der Waals surface area (Å²) in [4.78, 5) is 39.6. The van der Waals surface area contributed by atoms with E-state index in [0.29, 0.717) is 37.6 Å². The van der Waals surface area contributed by atoms with Crippen LogP contribution >= 0.6 is 0 Å². The Kier molecular flexibility index (Phi) is 6.93. The fraction of sp³-hybridized carbons (Fsp3) is 0.526. The van der Waals surface area contributed by atoms with E-state index in [0.717, 1.165) is 0 Å². The third-order valence-electron chi connectivity index (χ3n) is 4.89. The van der Waals surface area contributed by atoms with Crippen molar-refractivity contribution >= 4 is 29.5 Å². The van der Waals surface area contributed by atoms with E-state index in [1.165, 1.54) is 22.8 Å². The minimum atomic E-state index is -0.590. The maximum Gasteiger partial charge on any atom is 0.414 e. The highest BCUT2D eigenvalue weighted by Crippen LogP contribution is 2.28. The van der Waals surface area contributed by atoms with Crippen molar-refractivity contribution in [1.29, 1.82) is 0 Å². The molecule has 2 aliphatic rings. The van der Waals surface area contributed by atoms with Gasteiger partial charge in [-0.2, -0.15) is 0 Å². The number of aliphatic hydroxyl groups is 1. The fourth-order valence-electron chi connectivity index (χ4n) is 3.37. The molecule has 2 saturated heterocycles. The van der Waals surface area contributed by atoms with Crippen LogP contribution in [0.25, 0.3) is 0 Å². The van der Waals surface area contributed by atoms with Crippen molar-refractivity contribution in [3.63, 3.8) is 0 Å². The van der Waals surface area contributed by atoms with Crippen molar-refractivity contribution in [1.82, 2.24) is 10.2 Å². The molecule has 0 aliphatic carbocycles. The second-order valence-electron chi connectivity index (χ2n) is 7.00. The molecule has 164 valence electrons. The molecule has 11 heteroatoms. The number of rotatable bonds is 6. The van der Waals surface area contributed by atoms with E-state index in [1.807, 2.05) is 4.90 Å². The van der Waals surface area contributed by atoms with Gasteiger partial charge in [0, 0.05) is 33.1 Å². The smallest absolute Gasteiger partial charge is 0.414 e. The molecule has 2 aliphatic heterocycles. The van der Waals surface area contributed by atoms with Crippen molar-refractivity contribution < 1.29 is 33.4 Å². The summed E-state index contributed by atoms with van der Waals surface area (Å²) in [7, 11) is 0. The normalized spacial score (nSPS) is 19.0. The summed E-state index contributed by atoms with van der Waals surface area (Å²) in [6.45, 7) is 3.09. The number of piperazine rings is 1. The van der Waals surface area contributed by atoms with Crippen LogP contribution < -0.4 is 15.1 Å². The van der Waals surface area contributed by atoms with Gasteiger partial charge in [-0.25, -0.2) is 14.0 Å². The first kappa shape index (κ1) is 21.6. The summed E-state index contributed by atoms with van der Waals surface area (Å²) in [5.41, 5.74) is 0.752. The average molecular weight is 424 g/mol. The predicted molar refractivity (Wildman–Crippen MR) is 105 cm³/mol. The lowest BCUT2D eigenvalue weighted by atomic mass is 10.2. The van der Waals surface area contributed by atoms with Crippen molar-refractivity contribution in [2.24, 2.45) is 0 Å². The van der Waals surface area contributed by atoms with Gasteiger partial charge < -0.3 is 29.7 Å². The highest BCUT2D eigenvalue weighted by atomic mass is 19.1. The highest BCUT2D eigenvalue weighted by Gasteiger charge is 2.33. The minimum Gasteiger partial charge on any atom is -0.447 e. The number of carbonyl (C=O) groups excluding carboxylic acids is 3. The maximum absolute atomic E-state index is 14.8. The molecule has 2 heterocycles. The van der Waals surface area contributed by atoms with Gasteiger partial charge >= 0.3 is 12.2 Å². The number of nitrogens with zero attached hydrogens (tertiary/aromatic N) is 3. The van der Waals surface area contributed by atoms with Gasteiger partial charge in [-0.1, -0.05) is 0 Å². The molecule has 1 aromatic carbocycles. The second-order valence-corrected chi connectivity index (χ2v) is 7.00. The van der Waals surface area contributed by atoms with Gasteiger partial charge in [-0.15, -0.1) is 0 Å². The first-order chi connectivity index (χ1) is 14.4. The molecule has 2 fully saturated rings. The molecule has 3 amide bonds. The Balaban J connectivity index is 1.59. The van der Waals surface area contributed by atoms with Gasteiger partial charge in [0.2, 0.25) is 5.91 Å². The van der Waals surface area contributed by atoms with Gasteiger partial charge in [0.15, 0.2) is 0 Å². The van der Waals surface area contributed by atoms with Gasteiger partial charge in [-0.3, -0.25) is 9.69 Å². The van der Waals surface area contributed by atoms with E-state index in [9.17, 15) is 18.8 Å². The fourth-order valence-corrected chi connectivity index (χ4v) is 3.37. The van der Waals surface area contributed by atoms with E-state index in [2.05, 4.69) is 5.32 Å². The molecule has 1 atom stereocenters. The summed E-state index contributed by atoms with van der Waals surface area (Å²) in [5.74, 6) is -0.705. The van der Waals surface area contributed by atoms with E-state index < -0.39 is 24.1 Å². The molecule has 1 unspecified atom stereocenters. The molecule has 1 aromatic rings. The van der Waals surface area contributed by atoms with Gasteiger partial charge in [0.1, 0.15) is 18.5 Å². The van der Waals surface area contributed by atoms with Crippen molar-refractivity contribution in [3.8, 4) is 0 Å². The Morgan fingerprint density at radius 2 is 2.03 bits per heavy atom. The first-order valence-electron chi connectivity index (χ1n) is 9.68. The lowest BCUT2D eigenvalue weighted by Gasteiger charge is -2.35. The summed E-state index contributed by atoms with van der Waals surface area (Å²) in [6.07, 6.45) is -1.59. The van der Waals surface area contributed by atoms with Crippen LogP contribution in [-0.2, 0) is 14.3 Å². The third-order valence-corrected chi connectivity index (χ3v) is 4.89. The number of carbonyl (C=O) groups is 3. The van der Waals surface area contributed by atoms with E-state index in [1.54, 1.807) is 12.1 Å². The molecule has 0 saturated carbocycles. The molecule has 10 nitrogen and oxygen atoms in total. The largest absolute Gasteiger partial charge is 0.447 e. The topological polar surface area (TPSA) is 112 Å². The van der Waals surface area contributed by atoms with Crippen molar-refractivity contribution in [3.05, 3.63) is 24.0 Å². The molecule has 0 radical (unpaired) electrons. The van der Waals surface area contributed by atoms with E-state index >= 15 is 0 Å². The minimum absolute atomic E-state index is 0.0558. The Morgan fingerprint density at radius 3 is 2.67 bits per heavy atom. The molecule has 2 N–H and O–H groups in total.